The van der Waals surface area contributed by atoms with Gasteiger partial charge in [0.05, 0.1) is 6.10 Å². The van der Waals surface area contributed by atoms with Gasteiger partial charge in [0, 0.05) is 0 Å². The van der Waals surface area contributed by atoms with Crippen LogP contribution in [0.25, 0.3) is 0 Å². The van der Waals surface area contributed by atoms with Gasteiger partial charge in [-0.1, -0.05) is 41.5 Å². The fraction of sp³-hybridized carbons (Fsp3) is 1.00. The van der Waals surface area contributed by atoms with E-state index in [1.54, 1.807) is 0 Å². The van der Waals surface area contributed by atoms with Gasteiger partial charge in [-0.3, -0.25) is 0 Å². The second-order valence-corrected chi connectivity index (χ2v) is 9.36. The molecule has 110 valence electrons. The van der Waals surface area contributed by atoms with E-state index in [0.29, 0.717) is 16.2 Å². The predicted octanol–water partition coefficient (Wildman–Crippen LogP) is 4.49. The highest BCUT2D eigenvalue weighted by Crippen LogP contribution is 2.79. The summed E-state index contributed by atoms with van der Waals surface area (Å²) in [6.45, 7) is 16.7. The molecule has 0 aromatic rings. The van der Waals surface area contributed by atoms with E-state index in [0.717, 1.165) is 17.8 Å². The zero-order valence-corrected chi connectivity index (χ0v) is 13.9. The van der Waals surface area contributed by atoms with E-state index in [4.69, 9.17) is 0 Å². The maximum Gasteiger partial charge on any atom is 0.0571 e. The van der Waals surface area contributed by atoms with Crippen LogP contribution in [0.5, 0.6) is 0 Å². The van der Waals surface area contributed by atoms with Gasteiger partial charge in [0.25, 0.3) is 0 Å². The lowest BCUT2D eigenvalue weighted by molar-refractivity contribution is 0.0303. The van der Waals surface area contributed by atoms with Gasteiger partial charge in [0.1, 0.15) is 0 Å². The average molecular weight is 264 g/mol. The first-order valence-corrected chi connectivity index (χ1v) is 8.19. The van der Waals surface area contributed by atoms with Crippen LogP contribution in [-0.4, -0.2) is 11.2 Å². The van der Waals surface area contributed by atoms with E-state index in [-0.39, 0.29) is 11.5 Å². The Morgan fingerprint density at radius 2 is 1.58 bits per heavy atom. The molecule has 1 nitrogen and oxygen atoms in total. The first-order valence-electron chi connectivity index (χ1n) is 8.19. The van der Waals surface area contributed by atoms with Crippen LogP contribution < -0.4 is 0 Å². The Bertz CT molecular complexity index is 412. The standard InChI is InChI=1S/C18H32O/c1-11(17(6)10-18(17,7)12(2)19)14-8-13-9-16(13,5)15(14,3)4/h11-14,19H,8-10H2,1-7H3. The van der Waals surface area contributed by atoms with Gasteiger partial charge in [-0.05, 0) is 65.6 Å². The molecular formula is C18H32O. The Balaban J connectivity index is 1.82. The van der Waals surface area contributed by atoms with E-state index in [1.165, 1.54) is 19.3 Å². The van der Waals surface area contributed by atoms with E-state index in [9.17, 15) is 5.11 Å². The van der Waals surface area contributed by atoms with Gasteiger partial charge >= 0.3 is 0 Å². The van der Waals surface area contributed by atoms with Crippen molar-refractivity contribution in [3.05, 3.63) is 0 Å². The normalized spacial score (nSPS) is 57.5. The van der Waals surface area contributed by atoms with Crippen molar-refractivity contribution in [1.29, 1.82) is 0 Å². The summed E-state index contributed by atoms with van der Waals surface area (Å²) in [4.78, 5) is 0. The summed E-state index contributed by atoms with van der Waals surface area (Å²) in [6, 6.07) is 0. The molecule has 3 rings (SSSR count). The molecule has 3 aliphatic rings. The van der Waals surface area contributed by atoms with Crippen LogP contribution >= 0.6 is 0 Å². The quantitative estimate of drug-likeness (QED) is 0.796. The molecule has 3 fully saturated rings. The Kier molecular flexibility index (Phi) is 2.49. The number of aliphatic hydroxyl groups is 1. The molecule has 7 unspecified atom stereocenters. The topological polar surface area (TPSA) is 20.2 Å². The molecule has 7 atom stereocenters. The molecule has 1 N–H and O–H groups in total. The maximum atomic E-state index is 10.1. The number of fused-ring (bicyclic) bond motifs is 1. The number of aliphatic hydroxyl groups excluding tert-OH is 1. The zero-order valence-electron chi connectivity index (χ0n) is 13.9. The monoisotopic (exact) mass is 264 g/mol. The fourth-order valence-electron chi connectivity index (χ4n) is 5.91. The molecule has 0 spiro atoms. The van der Waals surface area contributed by atoms with Crippen molar-refractivity contribution in [3.63, 3.8) is 0 Å². The predicted molar refractivity (Wildman–Crippen MR) is 79.8 cm³/mol. The highest BCUT2D eigenvalue weighted by molar-refractivity contribution is 5.21. The van der Waals surface area contributed by atoms with Gasteiger partial charge in [-0.15, -0.1) is 0 Å². The summed E-state index contributed by atoms with van der Waals surface area (Å²) in [5, 5.41) is 10.1. The van der Waals surface area contributed by atoms with Crippen LogP contribution in [0.15, 0.2) is 0 Å². The second kappa shape index (κ2) is 3.40. The van der Waals surface area contributed by atoms with Gasteiger partial charge in [0.15, 0.2) is 0 Å². The van der Waals surface area contributed by atoms with Crippen LogP contribution in [0.3, 0.4) is 0 Å². The Hall–Kier alpha value is -0.0400. The molecular weight excluding hydrogens is 232 g/mol. The van der Waals surface area contributed by atoms with E-state index < -0.39 is 0 Å². The molecule has 0 amide bonds. The molecule has 1 heteroatoms. The van der Waals surface area contributed by atoms with Gasteiger partial charge < -0.3 is 5.11 Å². The van der Waals surface area contributed by atoms with Gasteiger partial charge in [0.2, 0.25) is 0 Å². The summed E-state index contributed by atoms with van der Waals surface area (Å²) < 4.78 is 0. The maximum absolute atomic E-state index is 10.1. The largest absolute Gasteiger partial charge is 0.393 e. The molecule has 0 heterocycles. The van der Waals surface area contributed by atoms with Crippen LogP contribution in [0, 0.1) is 39.4 Å². The molecule has 3 saturated carbocycles. The van der Waals surface area contributed by atoms with Crippen LogP contribution in [-0.2, 0) is 0 Å². The van der Waals surface area contributed by atoms with Crippen LogP contribution in [0.4, 0.5) is 0 Å². The van der Waals surface area contributed by atoms with E-state index in [1.807, 2.05) is 6.92 Å². The summed E-state index contributed by atoms with van der Waals surface area (Å²) in [7, 11) is 0. The third-order valence-corrected chi connectivity index (χ3v) is 8.79. The summed E-state index contributed by atoms with van der Waals surface area (Å²) in [5.41, 5.74) is 1.58. The van der Waals surface area contributed by atoms with Crippen molar-refractivity contribution < 1.29 is 5.11 Å². The minimum absolute atomic E-state index is 0.149. The minimum atomic E-state index is -0.172. The van der Waals surface area contributed by atoms with Crippen molar-refractivity contribution >= 4 is 0 Å². The Morgan fingerprint density at radius 3 is 1.95 bits per heavy atom. The summed E-state index contributed by atoms with van der Waals surface area (Å²) >= 11 is 0. The fourth-order valence-corrected chi connectivity index (χ4v) is 5.91. The molecule has 0 saturated heterocycles. The lowest BCUT2D eigenvalue weighted by Gasteiger charge is -2.42. The number of rotatable bonds is 3. The average Bonchev–Trinajstić information content (AvgIpc) is 3.09. The molecule has 19 heavy (non-hydrogen) atoms. The summed E-state index contributed by atoms with van der Waals surface area (Å²) in [5.74, 6) is 2.55. The van der Waals surface area contributed by atoms with Crippen molar-refractivity contribution in [3.8, 4) is 0 Å². The highest BCUT2D eigenvalue weighted by Gasteiger charge is 2.73. The van der Waals surface area contributed by atoms with Crippen molar-refractivity contribution in [2.24, 2.45) is 39.4 Å². The SMILES string of the molecule is CC(O)C1(C)CC1(C)C(C)C1CC2CC2(C)C1(C)C. The highest BCUT2D eigenvalue weighted by atomic mass is 16.3. The van der Waals surface area contributed by atoms with Crippen LogP contribution in [0.2, 0.25) is 0 Å². The van der Waals surface area contributed by atoms with Crippen molar-refractivity contribution in [2.45, 2.75) is 73.8 Å². The first-order chi connectivity index (χ1) is 8.51. The molecule has 0 aromatic heterocycles. The Morgan fingerprint density at radius 1 is 1.00 bits per heavy atom. The molecule has 0 aromatic carbocycles. The molecule has 0 aliphatic heterocycles. The number of hydrogen-bond donors (Lipinski definition) is 1. The lowest BCUT2D eigenvalue weighted by atomic mass is 9.62. The van der Waals surface area contributed by atoms with E-state index >= 15 is 0 Å². The third kappa shape index (κ3) is 1.41. The van der Waals surface area contributed by atoms with Crippen molar-refractivity contribution in [1.82, 2.24) is 0 Å². The second-order valence-electron chi connectivity index (χ2n) is 9.36. The molecule has 0 radical (unpaired) electrons. The Labute approximate surface area is 119 Å². The number of hydrogen-bond acceptors (Lipinski definition) is 1. The van der Waals surface area contributed by atoms with Crippen LogP contribution in [0.1, 0.15) is 67.7 Å². The summed E-state index contributed by atoms with van der Waals surface area (Å²) in [6.07, 6.45) is 3.91. The first kappa shape index (κ1) is 13.9. The zero-order chi connectivity index (χ0) is 14.4. The smallest absolute Gasteiger partial charge is 0.0571 e. The van der Waals surface area contributed by atoms with Gasteiger partial charge in [-0.25, -0.2) is 0 Å². The van der Waals surface area contributed by atoms with E-state index in [2.05, 4.69) is 41.5 Å². The lowest BCUT2D eigenvalue weighted by Crippen LogP contribution is -2.37. The molecule has 0 bridgehead atoms. The molecule has 3 aliphatic carbocycles. The minimum Gasteiger partial charge on any atom is -0.393 e. The third-order valence-electron chi connectivity index (χ3n) is 8.79. The van der Waals surface area contributed by atoms with Crippen molar-refractivity contribution in [2.75, 3.05) is 0 Å². The van der Waals surface area contributed by atoms with Gasteiger partial charge in [-0.2, -0.15) is 0 Å².